The Labute approximate surface area is 105 Å². The summed E-state index contributed by atoms with van der Waals surface area (Å²) in [6.07, 6.45) is 4.92. The molecule has 17 heavy (non-hydrogen) atoms. The second-order valence-electron chi connectivity index (χ2n) is 4.13. The van der Waals surface area contributed by atoms with E-state index in [-0.39, 0.29) is 0 Å². The molecule has 1 aromatic heterocycles. The summed E-state index contributed by atoms with van der Waals surface area (Å²) in [7, 11) is 0. The number of anilines is 2. The second kappa shape index (κ2) is 4.34. The van der Waals surface area contributed by atoms with E-state index in [2.05, 4.69) is 15.3 Å². The molecule has 1 aliphatic rings. The Balaban J connectivity index is 1.91. The van der Waals surface area contributed by atoms with Crippen molar-refractivity contribution in [2.24, 2.45) is 0 Å². The van der Waals surface area contributed by atoms with Gasteiger partial charge in [-0.15, -0.1) is 0 Å². The standard InChI is InChI=1S/C13H12ClN3/c14-9-4-6-10(7-5-9)17-13-11-2-1-3-12(11)15-8-16-13/h4-8H,1-3H2,(H,15,16,17). The van der Waals surface area contributed by atoms with Gasteiger partial charge in [0.05, 0.1) is 0 Å². The lowest BCUT2D eigenvalue weighted by atomic mass is 10.2. The molecule has 0 radical (unpaired) electrons. The number of hydrogen-bond acceptors (Lipinski definition) is 3. The summed E-state index contributed by atoms with van der Waals surface area (Å²) in [6.45, 7) is 0. The fourth-order valence-corrected chi connectivity index (χ4v) is 2.26. The van der Waals surface area contributed by atoms with Gasteiger partial charge in [0.15, 0.2) is 0 Å². The van der Waals surface area contributed by atoms with Crippen LogP contribution in [-0.2, 0) is 12.8 Å². The molecule has 0 atom stereocenters. The van der Waals surface area contributed by atoms with Crippen LogP contribution in [0, 0.1) is 0 Å². The summed E-state index contributed by atoms with van der Waals surface area (Å²) in [5, 5.41) is 4.06. The minimum absolute atomic E-state index is 0.739. The van der Waals surface area contributed by atoms with Crippen LogP contribution in [0.15, 0.2) is 30.6 Å². The zero-order chi connectivity index (χ0) is 11.7. The van der Waals surface area contributed by atoms with Crippen LogP contribution in [0.3, 0.4) is 0 Å². The molecule has 1 heterocycles. The van der Waals surface area contributed by atoms with Crippen LogP contribution >= 0.6 is 11.6 Å². The molecule has 0 saturated heterocycles. The van der Waals surface area contributed by atoms with Crippen LogP contribution < -0.4 is 5.32 Å². The van der Waals surface area contributed by atoms with Crippen molar-refractivity contribution in [2.45, 2.75) is 19.3 Å². The molecular weight excluding hydrogens is 234 g/mol. The van der Waals surface area contributed by atoms with Crippen molar-refractivity contribution in [3.05, 3.63) is 46.9 Å². The maximum absolute atomic E-state index is 5.86. The molecule has 0 bridgehead atoms. The molecule has 0 saturated carbocycles. The van der Waals surface area contributed by atoms with Crippen LogP contribution in [0.2, 0.25) is 5.02 Å². The maximum Gasteiger partial charge on any atom is 0.137 e. The number of nitrogens with zero attached hydrogens (tertiary/aromatic N) is 2. The van der Waals surface area contributed by atoms with E-state index in [0.29, 0.717) is 0 Å². The Morgan fingerprint density at radius 3 is 2.71 bits per heavy atom. The number of rotatable bonds is 2. The molecule has 0 spiro atoms. The van der Waals surface area contributed by atoms with Crippen molar-refractivity contribution in [1.29, 1.82) is 0 Å². The van der Waals surface area contributed by atoms with E-state index in [1.165, 1.54) is 17.7 Å². The third-order valence-corrected chi connectivity index (χ3v) is 3.23. The first-order chi connectivity index (χ1) is 8.33. The number of benzene rings is 1. The minimum atomic E-state index is 0.739. The van der Waals surface area contributed by atoms with Crippen LogP contribution in [-0.4, -0.2) is 9.97 Å². The highest BCUT2D eigenvalue weighted by Gasteiger charge is 2.16. The Morgan fingerprint density at radius 1 is 1.06 bits per heavy atom. The first-order valence-electron chi connectivity index (χ1n) is 5.68. The summed E-state index contributed by atoms with van der Waals surface area (Å²) in [4.78, 5) is 8.62. The fourth-order valence-electron chi connectivity index (χ4n) is 2.14. The SMILES string of the molecule is Clc1ccc(Nc2ncnc3c2CCC3)cc1. The normalized spacial score (nSPS) is 13.5. The smallest absolute Gasteiger partial charge is 0.137 e. The van der Waals surface area contributed by atoms with E-state index in [4.69, 9.17) is 11.6 Å². The van der Waals surface area contributed by atoms with Crippen LogP contribution in [0.25, 0.3) is 0 Å². The quantitative estimate of drug-likeness (QED) is 0.882. The van der Waals surface area contributed by atoms with Crippen molar-refractivity contribution in [1.82, 2.24) is 9.97 Å². The molecule has 4 heteroatoms. The molecule has 2 aromatic rings. The summed E-state index contributed by atoms with van der Waals surface area (Å²) in [5.74, 6) is 0.926. The topological polar surface area (TPSA) is 37.8 Å². The molecule has 3 nitrogen and oxygen atoms in total. The van der Waals surface area contributed by atoms with Crippen molar-refractivity contribution < 1.29 is 0 Å². The van der Waals surface area contributed by atoms with E-state index >= 15 is 0 Å². The zero-order valence-electron chi connectivity index (χ0n) is 9.28. The van der Waals surface area contributed by atoms with Gasteiger partial charge in [-0.1, -0.05) is 11.6 Å². The van der Waals surface area contributed by atoms with Gasteiger partial charge in [-0.2, -0.15) is 0 Å². The third-order valence-electron chi connectivity index (χ3n) is 2.98. The van der Waals surface area contributed by atoms with Gasteiger partial charge in [0.2, 0.25) is 0 Å². The lowest BCUT2D eigenvalue weighted by Crippen LogP contribution is -2.00. The van der Waals surface area contributed by atoms with Gasteiger partial charge in [-0.25, -0.2) is 9.97 Å². The van der Waals surface area contributed by atoms with Crippen LogP contribution in [0.1, 0.15) is 17.7 Å². The Kier molecular flexibility index (Phi) is 2.69. The predicted octanol–water partition coefficient (Wildman–Crippen LogP) is 3.36. The van der Waals surface area contributed by atoms with Gasteiger partial charge in [0.25, 0.3) is 0 Å². The summed E-state index contributed by atoms with van der Waals surface area (Å²) < 4.78 is 0. The molecule has 0 amide bonds. The van der Waals surface area contributed by atoms with Gasteiger partial charge in [-0.05, 0) is 43.5 Å². The first-order valence-corrected chi connectivity index (χ1v) is 6.06. The van der Waals surface area contributed by atoms with Gasteiger partial charge in [-0.3, -0.25) is 0 Å². The van der Waals surface area contributed by atoms with Gasteiger partial charge >= 0.3 is 0 Å². The number of hydrogen-bond donors (Lipinski definition) is 1. The molecule has 1 aromatic carbocycles. The lowest BCUT2D eigenvalue weighted by molar-refractivity contribution is 0.899. The highest BCUT2D eigenvalue weighted by Crippen LogP contribution is 2.27. The van der Waals surface area contributed by atoms with Crippen LogP contribution in [0.4, 0.5) is 11.5 Å². The number of aryl methyl sites for hydroxylation is 1. The molecule has 86 valence electrons. The number of halogens is 1. The highest BCUT2D eigenvalue weighted by molar-refractivity contribution is 6.30. The van der Waals surface area contributed by atoms with Crippen molar-refractivity contribution in [3.63, 3.8) is 0 Å². The average Bonchev–Trinajstić information content (AvgIpc) is 2.81. The summed E-state index contributed by atoms with van der Waals surface area (Å²) in [5.41, 5.74) is 3.43. The van der Waals surface area contributed by atoms with E-state index in [1.54, 1.807) is 6.33 Å². The van der Waals surface area contributed by atoms with Gasteiger partial charge < -0.3 is 5.32 Å². The van der Waals surface area contributed by atoms with Crippen molar-refractivity contribution in [3.8, 4) is 0 Å². The van der Waals surface area contributed by atoms with E-state index in [0.717, 1.165) is 29.4 Å². The summed E-state index contributed by atoms with van der Waals surface area (Å²) in [6, 6.07) is 7.63. The van der Waals surface area contributed by atoms with Crippen molar-refractivity contribution in [2.75, 3.05) is 5.32 Å². The van der Waals surface area contributed by atoms with Crippen LogP contribution in [0.5, 0.6) is 0 Å². The third kappa shape index (κ3) is 2.11. The fraction of sp³-hybridized carbons (Fsp3) is 0.231. The summed E-state index contributed by atoms with van der Waals surface area (Å²) >= 11 is 5.86. The predicted molar refractivity (Wildman–Crippen MR) is 68.8 cm³/mol. The lowest BCUT2D eigenvalue weighted by Gasteiger charge is -2.09. The number of nitrogens with one attached hydrogen (secondary N) is 1. The minimum Gasteiger partial charge on any atom is -0.340 e. The largest absolute Gasteiger partial charge is 0.340 e. The zero-order valence-corrected chi connectivity index (χ0v) is 10.0. The molecule has 1 aliphatic carbocycles. The molecule has 1 N–H and O–H groups in total. The molecule has 0 unspecified atom stereocenters. The second-order valence-corrected chi connectivity index (χ2v) is 4.57. The highest BCUT2D eigenvalue weighted by atomic mass is 35.5. The average molecular weight is 246 g/mol. The van der Waals surface area contributed by atoms with E-state index in [9.17, 15) is 0 Å². The van der Waals surface area contributed by atoms with Gasteiger partial charge in [0.1, 0.15) is 12.1 Å². The number of fused-ring (bicyclic) bond motifs is 1. The molecule has 0 fully saturated rings. The monoisotopic (exact) mass is 245 g/mol. The Bertz CT molecular complexity index is 537. The van der Waals surface area contributed by atoms with Crippen molar-refractivity contribution >= 4 is 23.1 Å². The Morgan fingerprint density at radius 2 is 1.88 bits per heavy atom. The van der Waals surface area contributed by atoms with E-state index in [1.807, 2.05) is 24.3 Å². The van der Waals surface area contributed by atoms with E-state index < -0.39 is 0 Å². The van der Waals surface area contributed by atoms with Gasteiger partial charge in [0, 0.05) is 22.0 Å². The molecule has 3 rings (SSSR count). The number of aromatic nitrogens is 2. The maximum atomic E-state index is 5.86. The Hall–Kier alpha value is -1.61. The molecular formula is C13H12ClN3. The molecule has 0 aliphatic heterocycles. The first kappa shape index (κ1) is 10.5.